The van der Waals surface area contributed by atoms with Gasteiger partial charge in [0.25, 0.3) is 0 Å². The van der Waals surface area contributed by atoms with Crippen molar-refractivity contribution in [1.29, 1.82) is 0 Å². The Hall–Kier alpha value is 0.920. The van der Waals surface area contributed by atoms with Crippen LogP contribution >= 0.6 is 0 Å². The van der Waals surface area contributed by atoms with Crippen molar-refractivity contribution in [3.63, 3.8) is 0 Å². The molecule has 2 atom stereocenters. The first-order valence-corrected chi connectivity index (χ1v) is 4.91. The molecule has 0 aromatic carbocycles. The summed E-state index contributed by atoms with van der Waals surface area (Å²) < 4.78 is 0. The summed E-state index contributed by atoms with van der Waals surface area (Å²) in [4.78, 5) is 0. The van der Waals surface area contributed by atoms with E-state index in [0.29, 0.717) is 6.42 Å². The topological polar surface area (TPSA) is 40.5 Å². The minimum absolute atomic E-state index is 0. The largest absolute Gasteiger partial charge is 1.00 e. The minimum atomic E-state index is -0.443. The molecule has 0 aromatic rings. The van der Waals surface area contributed by atoms with Gasteiger partial charge in [-0.2, -0.15) is 0 Å². The fraction of sp³-hybridized carbons (Fsp3) is 1.00. The Morgan fingerprint density at radius 2 is 1.07 bits per heavy atom. The first kappa shape index (κ1) is 17.3. The molecule has 3 heteroatoms. The maximum absolute atomic E-state index is 9.76. The third-order valence-corrected chi connectivity index (χ3v) is 2.45. The van der Waals surface area contributed by atoms with Crippen molar-refractivity contribution >= 4 is 0 Å². The van der Waals surface area contributed by atoms with E-state index >= 15 is 0 Å². The van der Waals surface area contributed by atoms with Gasteiger partial charge in [-0.3, -0.25) is 0 Å². The first-order valence-electron chi connectivity index (χ1n) is 4.91. The summed E-state index contributed by atoms with van der Waals surface area (Å²) >= 11 is 0. The predicted octanol–water partition coefficient (Wildman–Crippen LogP) is -0.693. The van der Waals surface area contributed by atoms with E-state index in [1.54, 1.807) is 0 Å². The summed E-state index contributed by atoms with van der Waals surface area (Å²) in [5.74, 6) is 0. The van der Waals surface area contributed by atoms with Crippen LogP contribution < -0.4 is 29.6 Å². The molecular weight excluding hydrogens is 187 g/mol. The standard InChI is InChI=1S/C11H24O2.Na.H/c1-10(2,3)8(12)7-9(13)11(4,5)6;;/h8-9,12-13H,7H2,1-6H3;;/q;+1;-1. The molecule has 0 bridgehead atoms. The van der Waals surface area contributed by atoms with E-state index in [1.165, 1.54) is 0 Å². The van der Waals surface area contributed by atoms with Gasteiger partial charge in [-0.25, -0.2) is 0 Å². The van der Waals surface area contributed by atoms with E-state index in [1.807, 2.05) is 41.5 Å². The van der Waals surface area contributed by atoms with Crippen molar-refractivity contribution in [1.82, 2.24) is 0 Å². The minimum Gasteiger partial charge on any atom is -1.00 e. The number of hydrogen-bond acceptors (Lipinski definition) is 2. The average Bonchev–Trinajstić information content (AvgIpc) is 1.82. The van der Waals surface area contributed by atoms with Gasteiger partial charge in [0, 0.05) is 6.42 Å². The quantitative estimate of drug-likeness (QED) is 0.595. The van der Waals surface area contributed by atoms with Crippen molar-refractivity contribution in [2.24, 2.45) is 10.8 Å². The molecule has 0 aliphatic rings. The molecule has 0 aromatic heterocycles. The molecule has 0 saturated heterocycles. The summed E-state index contributed by atoms with van der Waals surface area (Å²) in [6, 6.07) is 0. The monoisotopic (exact) mass is 212 g/mol. The van der Waals surface area contributed by atoms with E-state index < -0.39 is 12.2 Å². The molecule has 82 valence electrons. The summed E-state index contributed by atoms with van der Waals surface area (Å²) in [7, 11) is 0. The van der Waals surface area contributed by atoms with Gasteiger partial charge in [0.05, 0.1) is 12.2 Å². The zero-order valence-electron chi connectivity index (χ0n) is 11.8. The van der Waals surface area contributed by atoms with Crippen LogP contribution in [0.2, 0.25) is 0 Å². The second kappa shape index (κ2) is 5.86. The molecule has 0 heterocycles. The number of rotatable bonds is 2. The van der Waals surface area contributed by atoms with Crippen molar-refractivity contribution in [3.8, 4) is 0 Å². The SMILES string of the molecule is CC(C)(C)C(O)CC(O)C(C)(C)C.[H-].[Na+]. The maximum atomic E-state index is 9.76. The van der Waals surface area contributed by atoms with E-state index in [2.05, 4.69) is 0 Å². The van der Waals surface area contributed by atoms with Crippen LogP contribution in [0, 0.1) is 10.8 Å². The molecular formula is C11H25NaO2. The van der Waals surface area contributed by atoms with Gasteiger partial charge in [-0.1, -0.05) is 41.5 Å². The van der Waals surface area contributed by atoms with E-state index in [9.17, 15) is 10.2 Å². The summed E-state index contributed by atoms with van der Waals surface area (Å²) in [6.45, 7) is 11.9. The Morgan fingerprint density at radius 1 is 0.857 bits per heavy atom. The Morgan fingerprint density at radius 3 is 1.21 bits per heavy atom. The van der Waals surface area contributed by atoms with Crippen LogP contribution in [0.5, 0.6) is 0 Å². The van der Waals surface area contributed by atoms with Crippen molar-refractivity contribution in [2.45, 2.75) is 60.2 Å². The molecule has 0 rings (SSSR count). The number of aliphatic hydroxyl groups is 2. The van der Waals surface area contributed by atoms with Crippen LogP contribution in [0.25, 0.3) is 0 Å². The zero-order chi connectivity index (χ0) is 10.9. The van der Waals surface area contributed by atoms with E-state index in [-0.39, 0.29) is 41.8 Å². The molecule has 0 amide bonds. The second-order valence-corrected chi connectivity index (χ2v) is 6.00. The molecule has 2 nitrogen and oxygen atoms in total. The smallest absolute Gasteiger partial charge is 1.00 e. The third kappa shape index (κ3) is 6.41. The van der Waals surface area contributed by atoms with Crippen LogP contribution in [0.4, 0.5) is 0 Å². The zero-order valence-corrected chi connectivity index (χ0v) is 12.8. The summed E-state index contributed by atoms with van der Waals surface area (Å²) in [6.07, 6.45) is -0.434. The normalized spacial score (nSPS) is 17.1. The molecule has 0 aliphatic carbocycles. The average molecular weight is 212 g/mol. The van der Waals surface area contributed by atoms with Gasteiger partial charge < -0.3 is 11.6 Å². The molecule has 0 aliphatic heterocycles. The fourth-order valence-electron chi connectivity index (χ4n) is 0.919. The van der Waals surface area contributed by atoms with Crippen LogP contribution in [-0.4, -0.2) is 22.4 Å². The van der Waals surface area contributed by atoms with Crippen molar-refractivity contribution in [3.05, 3.63) is 0 Å². The Labute approximate surface area is 112 Å². The van der Waals surface area contributed by atoms with Gasteiger partial charge in [0.2, 0.25) is 0 Å². The Balaban J connectivity index is -0.000000720. The number of hydrogen-bond donors (Lipinski definition) is 2. The predicted molar refractivity (Wildman–Crippen MR) is 56.7 cm³/mol. The van der Waals surface area contributed by atoms with Crippen LogP contribution in [0.3, 0.4) is 0 Å². The van der Waals surface area contributed by atoms with Crippen LogP contribution in [-0.2, 0) is 0 Å². The summed E-state index contributed by atoms with van der Waals surface area (Å²) in [5.41, 5.74) is -0.293. The fourth-order valence-corrected chi connectivity index (χ4v) is 0.919. The van der Waals surface area contributed by atoms with Crippen LogP contribution in [0.1, 0.15) is 49.4 Å². The van der Waals surface area contributed by atoms with Crippen molar-refractivity contribution in [2.75, 3.05) is 0 Å². The molecule has 0 saturated carbocycles. The number of aliphatic hydroxyl groups excluding tert-OH is 2. The van der Waals surface area contributed by atoms with Gasteiger partial charge in [0.1, 0.15) is 0 Å². The van der Waals surface area contributed by atoms with Crippen molar-refractivity contribution < 1.29 is 41.2 Å². The maximum Gasteiger partial charge on any atom is 1.00 e. The molecule has 0 radical (unpaired) electrons. The Kier molecular flexibility index (Phi) is 7.24. The molecule has 2 N–H and O–H groups in total. The third-order valence-electron chi connectivity index (χ3n) is 2.45. The van der Waals surface area contributed by atoms with Gasteiger partial charge in [-0.15, -0.1) is 0 Å². The van der Waals surface area contributed by atoms with Gasteiger partial charge >= 0.3 is 29.6 Å². The first-order chi connectivity index (χ1) is 5.55. The van der Waals surface area contributed by atoms with E-state index in [4.69, 9.17) is 0 Å². The van der Waals surface area contributed by atoms with Gasteiger partial charge in [0.15, 0.2) is 0 Å². The molecule has 14 heavy (non-hydrogen) atoms. The van der Waals surface area contributed by atoms with Gasteiger partial charge in [-0.05, 0) is 10.8 Å². The molecule has 0 fully saturated rings. The summed E-state index contributed by atoms with van der Waals surface area (Å²) in [5, 5.41) is 19.5. The molecule has 0 spiro atoms. The van der Waals surface area contributed by atoms with Crippen LogP contribution in [0.15, 0.2) is 0 Å². The molecule has 2 unspecified atom stereocenters. The van der Waals surface area contributed by atoms with E-state index in [0.717, 1.165) is 0 Å². The second-order valence-electron chi connectivity index (χ2n) is 6.00. The Bertz CT molecular complexity index is 143.